The van der Waals surface area contributed by atoms with Gasteiger partial charge in [-0.1, -0.05) is 43.0 Å². The summed E-state index contributed by atoms with van der Waals surface area (Å²) in [6.45, 7) is 4.37. The van der Waals surface area contributed by atoms with Gasteiger partial charge in [-0.05, 0) is 31.6 Å². The van der Waals surface area contributed by atoms with E-state index in [4.69, 9.17) is 28.3 Å². The summed E-state index contributed by atoms with van der Waals surface area (Å²) in [5.41, 5.74) is 0.813. The molecular formula is C15H21Cl2N3O2. The average Bonchev–Trinajstić information content (AvgIpc) is 2.42. The fourth-order valence-corrected chi connectivity index (χ4v) is 3.45. The summed E-state index contributed by atoms with van der Waals surface area (Å²) in [5, 5.41) is 14.9. The van der Waals surface area contributed by atoms with Crippen molar-refractivity contribution in [3.05, 3.63) is 16.4 Å². The Bertz CT molecular complexity index is 546. The topological polar surface area (TPSA) is 74.2 Å². The van der Waals surface area contributed by atoms with Crippen molar-refractivity contribution in [3.63, 3.8) is 0 Å². The zero-order valence-electron chi connectivity index (χ0n) is 12.7. The van der Waals surface area contributed by atoms with Gasteiger partial charge in [0, 0.05) is 12.1 Å². The monoisotopic (exact) mass is 345 g/mol. The maximum absolute atomic E-state index is 10.9. The summed E-state index contributed by atoms with van der Waals surface area (Å²) in [6.07, 6.45) is 3.61. The molecule has 1 heterocycles. The molecule has 1 aliphatic rings. The third kappa shape index (κ3) is 4.40. The van der Waals surface area contributed by atoms with Gasteiger partial charge in [-0.25, -0.2) is 9.78 Å². The van der Waals surface area contributed by atoms with Gasteiger partial charge in [0.25, 0.3) is 0 Å². The Hall–Kier alpha value is -1.20. The third-order valence-corrected chi connectivity index (χ3v) is 4.79. The number of nitrogens with one attached hydrogen (secondary N) is 2. The molecule has 0 aliphatic heterocycles. The number of carboxylic acid groups (broad SMARTS) is 1. The summed E-state index contributed by atoms with van der Waals surface area (Å²) >= 11 is 12.0. The van der Waals surface area contributed by atoms with E-state index in [-0.39, 0.29) is 16.3 Å². The van der Waals surface area contributed by atoms with Crippen LogP contribution in [0.15, 0.2) is 6.07 Å². The Morgan fingerprint density at radius 1 is 1.36 bits per heavy atom. The fraction of sp³-hybridized carbons (Fsp3) is 0.600. The number of carbonyl (C=O) groups is 1. The highest BCUT2D eigenvalue weighted by Gasteiger charge is 2.25. The largest absolute Gasteiger partial charge is 0.465 e. The minimum Gasteiger partial charge on any atom is -0.465 e. The molecule has 1 fully saturated rings. The van der Waals surface area contributed by atoms with E-state index in [1.807, 2.05) is 0 Å². The number of aromatic nitrogens is 1. The zero-order valence-corrected chi connectivity index (χ0v) is 14.2. The molecule has 1 aromatic rings. The van der Waals surface area contributed by atoms with Crippen molar-refractivity contribution in [1.82, 2.24) is 4.98 Å². The van der Waals surface area contributed by atoms with Gasteiger partial charge in [-0.15, -0.1) is 0 Å². The Labute approximate surface area is 140 Å². The number of nitrogens with zero attached hydrogens (tertiary/aromatic N) is 1. The van der Waals surface area contributed by atoms with Crippen molar-refractivity contribution < 1.29 is 9.90 Å². The SMILES string of the molecule is CC(Nc1c(NC(=O)O)cc(Cl)nc1Cl)[C@H]1CC[C@H](C)CC1. The minimum atomic E-state index is -1.17. The van der Waals surface area contributed by atoms with E-state index in [1.165, 1.54) is 18.9 Å². The maximum Gasteiger partial charge on any atom is 0.409 e. The summed E-state index contributed by atoms with van der Waals surface area (Å²) in [6, 6.07) is 1.64. The van der Waals surface area contributed by atoms with E-state index in [2.05, 4.69) is 29.5 Å². The van der Waals surface area contributed by atoms with Crippen LogP contribution in [0.5, 0.6) is 0 Å². The molecular weight excluding hydrogens is 325 g/mol. The van der Waals surface area contributed by atoms with Crippen LogP contribution in [-0.4, -0.2) is 22.2 Å². The number of amides is 1. The number of halogens is 2. The predicted octanol–water partition coefficient (Wildman–Crippen LogP) is 5.11. The highest BCUT2D eigenvalue weighted by molar-refractivity contribution is 6.35. The molecule has 0 saturated heterocycles. The van der Waals surface area contributed by atoms with Gasteiger partial charge in [0.2, 0.25) is 0 Å². The molecule has 5 nitrogen and oxygen atoms in total. The van der Waals surface area contributed by atoms with Crippen LogP contribution in [-0.2, 0) is 0 Å². The van der Waals surface area contributed by atoms with Gasteiger partial charge in [0.05, 0.1) is 11.4 Å². The lowest BCUT2D eigenvalue weighted by atomic mass is 9.79. The first-order valence-corrected chi connectivity index (χ1v) is 8.25. The molecule has 0 aromatic carbocycles. The molecule has 122 valence electrons. The molecule has 0 spiro atoms. The van der Waals surface area contributed by atoms with E-state index in [9.17, 15) is 4.79 Å². The van der Waals surface area contributed by atoms with Crippen molar-refractivity contribution in [1.29, 1.82) is 0 Å². The first kappa shape index (κ1) is 17.2. The molecule has 1 saturated carbocycles. The van der Waals surface area contributed by atoms with E-state index >= 15 is 0 Å². The van der Waals surface area contributed by atoms with Crippen LogP contribution in [0.1, 0.15) is 39.5 Å². The molecule has 2 rings (SSSR count). The van der Waals surface area contributed by atoms with Crippen LogP contribution in [0, 0.1) is 11.8 Å². The smallest absolute Gasteiger partial charge is 0.409 e. The van der Waals surface area contributed by atoms with E-state index in [1.54, 1.807) is 0 Å². The number of hydrogen-bond acceptors (Lipinski definition) is 3. The van der Waals surface area contributed by atoms with Gasteiger partial charge in [-0.2, -0.15) is 0 Å². The normalized spacial score (nSPS) is 22.9. The highest BCUT2D eigenvalue weighted by atomic mass is 35.5. The number of hydrogen-bond donors (Lipinski definition) is 3. The van der Waals surface area contributed by atoms with Crippen molar-refractivity contribution in [2.24, 2.45) is 11.8 Å². The zero-order chi connectivity index (χ0) is 16.3. The second kappa shape index (κ2) is 7.38. The molecule has 0 bridgehead atoms. The maximum atomic E-state index is 10.9. The lowest BCUT2D eigenvalue weighted by Gasteiger charge is -2.32. The first-order chi connectivity index (χ1) is 10.4. The number of pyridine rings is 1. The Balaban J connectivity index is 2.15. The van der Waals surface area contributed by atoms with Crippen molar-refractivity contribution in [3.8, 4) is 0 Å². The average molecular weight is 346 g/mol. The summed E-state index contributed by atoms with van der Waals surface area (Å²) in [4.78, 5) is 14.9. The van der Waals surface area contributed by atoms with Crippen molar-refractivity contribution in [2.45, 2.75) is 45.6 Å². The summed E-state index contributed by atoms with van der Waals surface area (Å²) < 4.78 is 0. The molecule has 1 unspecified atom stereocenters. The van der Waals surface area contributed by atoms with Gasteiger partial charge in [0.1, 0.15) is 5.15 Å². The van der Waals surface area contributed by atoms with Crippen LogP contribution < -0.4 is 10.6 Å². The minimum absolute atomic E-state index is 0.151. The van der Waals surface area contributed by atoms with Crippen LogP contribution in [0.4, 0.5) is 16.2 Å². The van der Waals surface area contributed by atoms with Crippen LogP contribution in [0.2, 0.25) is 10.3 Å². The first-order valence-electron chi connectivity index (χ1n) is 7.49. The molecule has 0 radical (unpaired) electrons. The molecule has 22 heavy (non-hydrogen) atoms. The van der Waals surface area contributed by atoms with Crippen LogP contribution >= 0.6 is 23.2 Å². The molecule has 3 N–H and O–H groups in total. The van der Waals surface area contributed by atoms with Gasteiger partial charge >= 0.3 is 6.09 Å². The van der Waals surface area contributed by atoms with Gasteiger partial charge < -0.3 is 10.4 Å². The number of anilines is 2. The standard InChI is InChI=1S/C15H21Cl2N3O2/c1-8-3-5-10(6-4-8)9(2)18-13-11(19-15(21)22)7-12(16)20-14(13)17/h7-10,18H,3-6H2,1-2H3,(H,19,20)(H,21,22)/t8-,9?,10-. The molecule has 1 aromatic heterocycles. The predicted molar refractivity (Wildman–Crippen MR) is 90.1 cm³/mol. The molecule has 1 aliphatic carbocycles. The Morgan fingerprint density at radius 3 is 2.59 bits per heavy atom. The van der Waals surface area contributed by atoms with Crippen molar-refractivity contribution >= 4 is 40.7 Å². The second-order valence-corrected chi connectivity index (χ2v) is 6.79. The van der Waals surface area contributed by atoms with Crippen LogP contribution in [0.3, 0.4) is 0 Å². The molecule has 1 amide bonds. The fourth-order valence-electron chi connectivity index (χ4n) is 2.97. The van der Waals surface area contributed by atoms with Crippen molar-refractivity contribution in [2.75, 3.05) is 10.6 Å². The molecule has 1 atom stereocenters. The van der Waals surface area contributed by atoms with Crippen LogP contribution in [0.25, 0.3) is 0 Å². The van der Waals surface area contributed by atoms with Gasteiger partial charge in [-0.3, -0.25) is 5.32 Å². The van der Waals surface area contributed by atoms with E-state index < -0.39 is 6.09 Å². The molecule has 7 heteroatoms. The Kier molecular flexibility index (Phi) is 5.75. The second-order valence-electron chi connectivity index (χ2n) is 6.04. The quantitative estimate of drug-likeness (QED) is 0.663. The van der Waals surface area contributed by atoms with E-state index in [0.717, 1.165) is 18.8 Å². The Morgan fingerprint density at radius 2 is 2.00 bits per heavy atom. The highest BCUT2D eigenvalue weighted by Crippen LogP contribution is 2.36. The third-order valence-electron chi connectivity index (χ3n) is 4.33. The number of rotatable bonds is 4. The summed E-state index contributed by atoms with van der Waals surface area (Å²) in [7, 11) is 0. The lowest BCUT2D eigenvalue weighted by Crippen LogP contribution is -2.30. The van der Waals surface area contributed by atoms with E-state index in [0.29, 0.717) is 17.3 Å². The van der Waals surface area contributed by atoms with Gasteiger partial charge in [0.15, 0.2) is 5.15 Å². The lowest BCUT2D eigenvalue weighted by molar-refractivity contribution is 0.210. The summed E-state index contributed by atoms with van der Waals surface area (Å²) in [5.74, 6) is 1.33.